The van der Waals surface area contributed by atoms with Crippen LogP contribution in [0.3, 0.4) is 0 Å². The molecule has 1 aromatic rings. The van der Waals surface area contributed by atoms with Crippen molar-refractivity contribution in [1.29, 1.82) is 0 Å². The molecule has 1 saturated carbocycles. The van der Waals surface area contributed by atoms with E-state index in [0.29, 0.717) is 12.6 Å². The molecule has 2 unspecified atom stereocenters. The van der Waals surface area contributed by atoms with Crippen molar-refractivity contribution in [3.8, 4) is 0 Å². The van der Waals surface area contributed by atoms with Crippen LogP contribution in [0.25, 0.3) is 0 Å². The van der Waals surface area contributed by atoms with Crippen LogP contribution in [-0.4, -0.2) is 23.7 Å². The summed E-state index contributed by atoms with van der Waals surface area (Å²) < 4.78 is 0. The van der Waals surface area contributed by atoms with E-state index in [2.05, 4.69) is 24.0 Å². The predicted octanol–water partition coefficient (Wildman–Crippen LogP) is 3.16. The highest BCUT2D eigenvalue weighted by Gasteiger charge is 2.27. The molecule has 0 amide bonds. The predicted molar refractivity (Wildman–Crippen MR) is 72.8 cm³/mol. The van der Waals surface area contributed by atoms with Gasteiger partial charge in [-0.05, 0) is 37.3 Å². The van der Waals surface area contributed by atoms with Gasteiger partial charge in [0.1, 0.15) is 0 Å². The molecule has 1 fully saturated rings. The van der Waals surface area contributed by atoms with E-state index in [9.17, 15) is 4.79 Å². The average molecular weight is 247 g/mol. The van der Waals surface area contributed by atoms with Crippen molar-refractivity contribution in [2.45, 2.75) is 38.6 Å². The molecule has 1 aliphatic carbocycles. The van der Waals surface area contributed by atoms with Gasteiger partial charge in [0, 0.05) is 18.3 Å². The number of rotatable bonds is 5. The molecule has 1 aromatic carbocycles. The Hall–Kier alpha value is -1.51. The lowest BCUT2D eigenvalue weighted by molar-refractivity contribution is -0.136. The van der Waals surface area contributed by atoms with E-state index < -0.39 is 5.97 Å². The fourth-order valence-electron chi connectivity index (χ4n) is 2.82. The zero-order valence-corrected chi connectivity index (χ0v) is 10.9. The second-order valence-corrected chi connectivity index (χ2v) is 5.24. The Kier molecular flexibility index (Phi) is 4.24. The normalized spacial score (nSPS) is 22.9. The Balaban J connectivity index is 2.10. The Morgan fingerprint density at radius 1 is 1.33 bits per heavy atom. The second-order valence-electron chi connectivity index (χ2n) is 5.24. The van der Waals surface area contributed by atoms with Crippen LogP contribution in [-0.2, 0) is 4.79 Å². The number of carboxylic acid groups (broad SMARTS) is 1. The van der Waals surface area contributed by atoms with Crippen LogP contribution in [0.5, 0.6) is 0 Å². The number of hydrogen-bond donors (Lipinski definition) is 1. The van der Waals surface area contributed by atoms with Gasteiger partial charge in [0.15, 0.2) is 0 Å². The summed E-state index contributed by atoms with van der Waals surface area (Å²) >= 11 is 0. The molecule has 18 heavy (non-hydrogen) atoms. The largest absolute Gasteiger partial charge is 0.481 e. The highest BCUT2D eigenvalue weighted by molar-refractivity contribution is 5.67. The Bertz CT molecular complexity index is 391. The van der Waals surface area contributed by atoms with Crippen molar-refractivity contribution >= 4 is 11.7 Å². The lowest BCUT2D eigenvalue weighted by Crippen LogP contribution is -2.35. The summed E-state index contributed by atoms with van der Waals surface area (Å²) in [6, 6.07) is 10.7. The maximum Gasteiger partial charge on any atom is 0.305 e. The molecule has 2 rings (SSSR count). The number of aliphatic carboxylic acids is 1. The molecule has 1 N–H and O–H groups in total. The van der Waals surface area contributed by atoms with Crippen LogP contribution in [0, 0.1) is 5.92 Å². The summed E-state index contributed by atoms with van der Waals surface area (Å²) in [7, 11) is 0. The SMILES string of the molecule is CC1CCC(N(CCC(=O)O)c2ccccc2)C1. The lowest BCUT2D eigenvalue weighted by atomic mass is 10.1. The molecule has 0 aliphatic heterocycles. The van der Waals surface area contributed by atoms with Crippen molar-refractivity contribution in [2.75, 3.05) is 11.4 Å². The molecule has 3 heteroatoms. The Morgan fingerprint density at radius 2 is 2.06 bits per heavy atom. The van der Waals surface area contributed by atoms with Crippen molar-refractivity contribution in [2.24, 2.45) is 5.92 Å². The maximum absolute atomic E-state index is 10.8. The van der Waals surface area contributed by atoms with Gasteiger partial charge in [-0.1, -0.05) is 25.1 Å². The number of benzene rings is 1. The van der Waals surface area contributed by atoms with E-state index in [1.807, 2.05) is 18.2 Å². The van der Waals surface area contributed by atoms with Crippen molar-refractivity contribution < 1.29 is 9.90 Å². The third-order valence-corrected chi connectivity index (χ3v) is 3.76. The fraction of sp³-hybridized carbons (Fsp3) is 0.533. The van der Waals surface area contributed by atoms with Gasteiger partial charge >= 0.3 is 5.97 Å². The lowest BCUT2D eigenvalue weighted by Gasteiger charge is -2.31. The number of hydrogen-bond acceptors (Lipinski definition) is 2. The first kappa shape index (κ1) is 12.9. The van der Waals surface area contributed by atoms with E-state index in [1.54, 1.807) is 0 Å². The highest BCUT2D eigenvalue weighted by Crippen LogP contribution is 2.31. The molecule has 98 valence electrons. The van der Waals surface area contributed by atoms with Gasteiger partial charge < -0.3 is 10.0 Å². The zero-order valence-electron chi connectivity index (χ0n) is 10.9. The molecule has 0 bridgehead atoms. The third-order valence-electron chi connectivity index (χ3n) is 3.76. The van der Waals surface area contributed by atoms with Gasteiger partial charge in [0.2, 0.25) is 0 Å². The summed E-state index contributed by atoms with van der Waals surface area (Å²) in [5, 5.41) is 8.88. The molecule has 3 nitrogen and oxygen atoms in total. The first-order valence-corrected chi connectivity index (χ1v) is 6.70. The number of anilines is 1. The van der Waals surface area contributed by atoms with Gasteiger partial charge in [0.25, 0.3) is 0 Å². The topological polar surface area (TPSA) is 40.5 Å². The van der Waals surface area contributed by atoms with Crippen molar-refractivity contribution in [1.82, 2.24) is 0 Å². The minimum atomic E-state index is -0.720. The molecule has 0 radical (unpaired) electrons. The number of carbonyl (C=O) groups is 1. The van der Waals surface area contributed by atoms with Crippen LogP contribution < -0.4 is 4.90 Å². The quantitative estimate of drug-likeness (QED) is 0.869. The van der Waals surface area contributed by atoms with Gasteiger partial charge in [-0.3, -0.25) is 4.79 Å². The maximum atomic E-state index is 10.8. The van der Waals surface area contributed by atoms with E-state index in [1.165, 1.54) is 19.3 Å². The average Bonchev–Trinajstić information content (AvgIpc) is 2.77. The molecular weight excluding hydrogens is 226 g/mol. The first-order chi connectivity index (χ1) is 8.66. The highest BCUT2D eigenvalue weighted by atomic mass is 16.4. The van der Waals surface area contributed by atoms with Crippen molar-refractivity contribution in [3.63, 3.8) is 0 Å². The van der Waals surface area contributed by atoms with Crippen LogP contribution in [0.1, 0.15) is 32.6 Å². The van der Waals surface area contributed by atoms with Crippen LogP contribution >= 0.6 is 0 Å². The summed E-state index contributed by atoms with van der Waals surface area (Å²) in [5.74, 6) is 0.0352. The molecule has 0 spiro atoms. The molecule has 2 atom stereocenters. The first-order valence-electron chi connectivity index (χ1n) is 6.70. The molecule has 0 heterocycles. The third kappa shape index (κ3) is 3.25. The van der Waals surface area contributed by atoms with E-state index in [4.69, 9.17) is 5.11 Å². The van der Waals surface area contributed by atoms with Gasteiger partial charge in [-0.2, -0.15) is 0 Å². The molecule has 0 aromatic heterocycles. The zero-order chi connectivity index (χ0) is 13.0. The van der Waals surface area contributed by atoms with Gasteiger partial charge in [-0.25, -0.2) is 0 Å². The minimum absolute atomic E-state index is 0.208. The summed E-state index contributed by atoms with van der Waals surface area (Å²) in [6.07, 6.45) is 3.81. The second kappa shape index (κ2) is 5.89. The van der Waals surface area contributed by atoms with Gasteiger partial charge in [-0.15, -0.1) is 0 Å². The van der Waals surface area contributed by atoms with E-state index >= 15 is 0 Å². The molecule has 0 saturated heterocycles. The van der Waals surface area contributed by atoms with Crippen molar-refractivity contribution in [3.05, 3.63) is 30.3 Å². The van der Waals surface area contributed by atoms with Crippen LogP contribution in [0.2, 0.25) is 0 Å². The number of nitrogens with zero attached hydrogens (tertiary/aromatic N) is 1. The Labute approximate surface area is 108 Å². The van der Waals surface area contributed by atoms with E-state index in [0.717, 1.165) is 11.6 Å². The number of carboxylic acids is 1. The molecular formula is C15H21NO2. The number of para-hydroxylation sites is 1. The van der Waals surface area contributed by atoms with Crippen LogP contribution in [0.15, 0.2) is 30.3 Å². The summed E-state index contributed by atoms with van der Waals surface area (Å²) in [6.45, 7) is 2.89. The smallest absolute Gasteiger partial charge is 0.305 e. The van der Waals surface area contributed by atoms with Gasteiger partial charge in [0.05, 0.1) is 6.42 Å². The van der Waals surface area contributed by atoms with E-state index in [-0.39, 0.29) is 6.42 Å². The minimum Gasteiger partial charge on any atom is -0.481 e. The monoisotopic (exact) mass is 247 g/mol. The van der Waals surface area contributed by atoms with Crippen LogP contribution in [0.4, 0.5) is 5.69 Å². The summed E-state index contributed by atoms with van der Waals surface area (Å²) in [5.41, 5.74) is 1.15. The fourth-order valence-corrected chi connectivity index (χ4v) is 2.82. The standard InChI is InChI=1S/C15H21NO2/c1-12-7-8-14(11-12)16(10-9-15(17)18)13-5-3-2-4-6-13/h2-6,12,14H,7-11H2,1H3,(H,17,18). The summed E-state index contributed by atoms with van der Waals surface area (Å²) in [4.78, 5) is 13.1. The Morgan fingerprint density at radius 3 is 2.61 bits per heavy atom. The molecule has 1 aliphatic rings.